The Morgan fingerprint density at radius 1 is 1.19 bits per heavy atom. The SMILES string of the molecule is CC1(C)CCC2(CC1)N[C@@H](C(=O)N[C@@H]1CC[C@@H](C(N)=O)OC1)[C@H](c1ccnc(Cl)c1F)[C@]21C(=O)NC2=CC(Cl)=CCC21. The van der Waals surface area contributed by atoms with Crippen LogP contribution in [0.4, 0.5) is 4.39 Å². The molecule has 1 unspecified atom stereocenters. The van der Waals surface area contributed by atoms with Gasteiger partial charge in [-0.3, -0.25) is 19.7 Å². The van der Waals surface area contributed by atoms with Gasteiger partial charge in [0.05, 0.1) is 24.1 Å². The Labute approximate surface area is 254 Å². The normalized spacial score (nSPS) is 34.9. The van der Waals surface area contributed by atoms with Crippen molar-refractivity contribution in [3.05, 3.63) is 51.7 Å². The molecule has 0 bridgehead atoms. The highest BCUT2D eigenvalue weighted by Gasteiger charge is 2.75. The Kier molecular flexibility index (Phi) is 7.44. The second kappa shape index (κ2) is 10.6. The molecule has 3 amide bonds. The third kappa shape index (κ3) is 4.57. The molecule has 9 nitrogen and oxygen atoms in total. The number of rotatable bonds is 4. The number of amides is 3. The third-order valence-electron chi connectivity index (χ3n) is 10.3. The molecular weight excluding hydrogens is 584 g/mol. The lowest BCUT2D eigenvalue weighted by Crippen LogP contribution is -2.61. The number of carbonyl (C=O) groups is 3. The summed E-state index contributed by atoms with van der Waals surface area (Å²) in [6.07, 6.45) is 8.60. The van der Waals surface area contributed by atoms with Crippen molar-refractivity contribution in [2.45, 2.75) is 88.4 Å². The van der Waals surface area contributed by atoms with E-state index in [9.17, 15) is 14.4 Å². The molecule has 1 saturated carbocycles. The molecule has 6 atom stereocenters. The van der Waals surface area contributed by atoms with Crippen molar-refractivity contribution in [1.29, 1.82) is 0 Å². The van der Waals surface area contributed by atoms with Crippen LogP contribution in [0.5, 0.6) is 0 Å². The number of nitrogens with zero attached hydrogens (tertiary/aromatic N) is 1. The molecule has 2 spiro atoms. The summed E-state index contributed by atoms with van der Waals surface area (Å²) < 4.78 is 21.6. The molecule has 5 aliphatic rings. The largest absolute Gasteiger partial charge is 0.367 e. The van der Waals surface area contributed by atoms with E-state index in [1.807, 2.05) is 6.08 Å². The van der Waals surface area contributed by atoms with E-state index in [0.717, 1.165) is 12.8 Å². The molecule has 0 aromatic carbocycles. The van der Waals surface area contributed by atoms with E-state index < -0.39 is 40.7 Å². The molecule has 3 saturated heterocycles. The number of allylic oxidation sites excluding steroid dienone is 4. The molecule has 4 heterocycles. The summed E-state index contributed by atoms with van der Waals surface area (Å²) in [5.74, 6) is -3.15. The van der Waals surface area contributed by atoms with Gasteiger partial charge in [-0.25, -0.2) is 9.37 Å². The summed E-state index contributed by atoms with van der Waals surface area (Å²) in [5.41, 5.74) is 4.29. The van der Waals surface area contributed by atoms with E-state index >= 15 is 4.39 Å². The second-order valence-electron chi connectivity index (χ2n) is 13.2. The van der Waals surface area contributed by atoms with E-state index in [2.05, 4.69) is 34.8 Å². The average molecular weight is 621 g/mol. The minimum absolute atomic E-state index is 0.0507. The van der Waals surface area contributed by atoms with Crippen molar-refractivity contribution in [3.8, 4) is 0 Å². The number of primary amides is 1. The lowest BCUT2D eigenvalue weighted by Gasteiger charge is -2.52. The van der Waals surface area contributed by atoms with Crippen LogP contribution in [0.15, 0.2) is 35.1 Å². The Morgan fingerprint density at radius 2 is 1.93 bits per heavy atom. The zero-order chi connectivity index (χ0) is 30.0. The first-order valence-electron chi connectivity index (χ1n) is 14.6. The summed E-state index contributed by atoms with van der Waals surface area (Å²) in [5, 5.41) is 10.0. The van der Waals surface area contributed by atoms with Gasteiger partial charge in [0.15, 0.2) is 11.0 Å². The maximum atomic E-state index is 16.0. The monoisotopic (exact) mass is 619 g/mol. The Hall–Kier alpha value is -2.53. The number of hydrogen-bond acceptors (Lipinski definition) is 6. The van der Waals surface area contributed by atoms with Crippen molar-refractivity contribution in [3.63, 3.8) is 0 Å². The first kappa shape index (κ1) is 29.5. The van der Waals surface area contributed by atoms with Gasteiger partial charge in [0.25, 0.3) is 0 Å². The lowest BCUT2D eigenvalue weighted by atomic mass is 9.51. The number of hydrogen-bond donors (Lipinski definition) is 4. The summed E-state index contributed by atoms with van der Waals surface area (Å²) in [6.45, 7) is 4.53. The van der Waals surface area contributed by atoms with Gasteiger partial charge in [-0.05, 0) is 68.1 Å². The van der Waals surface area contributed by atoms with Crippen molar-refractivity contribution in [2.75, 3.05) is 6.61 Å². The number of pyridine rings is 1. The summed E-state index contributed by atoms with van der Waals surface area (Å²) in [6, 6.07) is 0.200. The topological polar surface area (TPSA) is 135 Å². The van der Waals surface area contributed by atoms with Gasteiger partial charge >= 0.3 is 0 Å². The van der Waals surface area contributed by atoms with Gasteiger partial charge in [0.1, 0.15) is 6.10 Å². The number of aromatic nitrogens is 1. The van der Waals surface area contributed by atoms with E-state index in [1.54, 1.807) is 6.08 Å². The van der Waals surface area contributed by atoms with Gasteiger partial charge in [-0.2, -0.15) is 0 Å². The highest BCUT2D eigenvalue weighted by atomic mass is 35.5. The first-order valence-corrected chi connectivity index (χ1v) is 15.3. The quantitative estimate of drug-likeness (QED) is 0.381. The molecule has 1 aromatic heterocycles. The van der Waals surface area contributed by atoms with Crippen LogP contribution in [0.2, 0.25) is 5.15 Å². The van der Waals surface area contributed by atoms with Crippen LogP contribution < -0.4 is 21.7 Å². The lowest BCUT2D eigenvalue weighted by molar-refractivity contribution is -0.135. The fraction of sp³-hybridized carbons (Fsp3) is 0.600. The van der Waals surface area contributed by atoms with E-state index in [0.29, 0.717) is 42.8 Å². The maximum absolute atomic E-state index is 16.0. The molecule has 2 aliphatic carbocycles. The molecule has 0 radical (unpaired) electrons. The van der Waals surface area contributed by atoms with Crippen LogP contribution >= 0.6 is 23.2 Å². The van der Waals surface area contributed by atoms with Gasteiger partial charge in [-0.15, -0.1) is 0 Å². The molecule has 12 heteroatoms. The highest BCUT2D eigenvalue weighted by molar-refractivity contribution is 6.31. The standard InChI is InChI=1S/C30H36Cl2FN5O4/c1-28(2)8-10-29(11-9-28)30(18-5-3-15(31)13-19(18)37-27(30)41)21(17-7-12-35-24(32)22(17)33)23(38-29)26(40)36-16-4-6-20(25(34)39)42-14-16/h3,7,12-13,16,18,20-21,23,38H,4-6,8-11,14H2,1-2H3,(H2,34,39)(H,36,40)(H,37,41)/t16-,18?,20+,21+,23-,30-/m1/s1. The van der Waals surface area contributed by atoms with Crippen LogP contribution in [0.25, 0.3) is 0 Å². The number of ether oxygens (including phenoxy) is 1. The molecular formula is C30H36Cl2FN5O4. The molecule has 226 valence electrons. The van der Waals surface area contributed by atoms with E-state index in [-0.39, 0.29) is 46.5 Å². The predicted octanol–water partition coefficient (Wildman–Crippen LogP) is 3.56. The Balaban J connectivity index is 1.46. The van der Waals surface area contributed by atoms with Gasteiger partial charge in [-0.1, -0.05) is 43.1 Å². The van der Waals surface area contributed by atoms with Crippen LogP contribution in [-0.2, 0) is 19.1 Å². The number of carbonyl (C=O) groups excluding carboxylic acids is 3. The van der Waals surface area contributed by atoms with Gasteiger partial charge in [0, 0.05) is 34.3 Å². The molecule has 1 aromatic rings. The Bertz CT molecular complexity index is 1380. The molecule has 3 aliphatic heterocycles. The Morgan fingerprint density at radius 3 is 2.60 bits per heavy atom. The summed E-state index contributed by atoms with van der Waals surface area (Å²) in [4.78, 5) is 44.3. The second-order valence-corrected chi connectivity index (χ2v) is 14.0. The van der Waals surface area contributed by atoms with E-state index in [4.69, 9.17) is 33.7 Å². The first-order chi connectivity index (χ1) is 19.9. The summed E-state index contributed by atoms with van der Waals surface area (Å²) >= 11 is 12.6. The molecule has 6 rings (SSSR count). The van der Waals surface area contributed by atoms with Crippen molar-refractivity contribution >= 4 is 40.9 Å². The molecule has 42 heavy (non-hydrogen) atoms. The fourth-order valence-corrected chi connectivity index (χ4v) is 8.56. The van der Waals surface area contributed by atoms with Gasteiger partial charge < -0.3 is 21.1 Å². The highest BCUT2D eigenvalue weighted by Crippen LogP contribution is 2.66. The predicted molar refractivity (Wildman–Crippen MR) is 155 cm³/mol. The smallest absolute Gasteiger partial charge is 0.246 e. The van der Waals surface area contributed by atoms with E-state index in [1.165, 1.54) is 12.3 Å². The maximum Gasteiger partial charge on any atom is 0.246 e. The number of fused-ring (bicyclic) bond motifs is 3. The van der Waals surface area contributed by atoms with Crippen LogP contribution in [0.1, 0.15) is 70.3 Å². The van der Waals surface area contributed by atoms with Crippen LogP contribution in [-0.4, -0.2) is 53.0 Å². The van der Waals surface area contributed by atoms with Crippen molar-refractivity contribution in [2.24, 2.45) is 22.5 Å². The minimum atomic E-state index is -1.21. The van der Waals surface area contributed by atoms with Crippen molar-refractivity contribution in [1.82, 2.24) is 20.9 Å². The minimum Gasteiger partial charge on any atom is -0.367 e. The van der Waals surface area contributed by atoms with Crippen LogP contribution in [0, 0.1) is 22.6 Å². The fourth-order valence-electron chi connectivity index (χ4n) is 8.19. The average Bonchev–Trinajstić information content (AvgIpc) is 3.40. The van der Waals surface area contributed by atoms with Crippen molar-refractivity contribution < 1.29 is 23.5 Å². The number of halogens is 3. The number of nitrogens with one attached hydrogen (secondary N) is 3. The third-order valence-corrected chi connectivity index (χ3v) is 10.9. The van der Waals surface area contributed by atoms with Crippen LogP contribution in [0.3, 0.4) is 0 Å². The molecule has 5 N–H and O–H groups in total. The zero-order valence-corrected chi connectivity index (χ0v) is 25.2. The number of nitrogens with two attached hydrogens (primary N) is 1. The van der Waals surface area contributed by atoms with Gasteiger partial charge in [0.2, 0.25) is 17.7 Å². The summed E-state index contributed by atoms with van der Waals surface area (Å²) in [7, 11) is 0. The molecule has 4 fully saturated rings. The zero-order valence-electron chi connectivity index (χ0n) is 23.6.